The normalized spacial score (nSPS) is 39.5. The summed E-state index contributed by atoms with van der Waals surface area (Å²) in [6.45, 7) is -2.28. The fourth-order valence-electron chi connectivity index (χ4n) is 1.23. The van der Waals surface area contributed by atoms with Crippen LogP contribution in [0, 0.1) is 0 Å². The molecular weight excluding hydrogens is 208 g/mol. The minimum Gasteiger partial charge on any atom is -0.480 e. The standard InChI is InChI=1S/C8H14O7/c9-4-1-15-5(8(13)7(4)12)2-14-3-6(10)11/h4-5,7-9,12-13H,1-3H2,(H,10,11)/t4-,5+,7+,8+/m0/s1/i3D/t3?,4-,5+,7+,8+. The molecule has 7 nitrogen and oxygen atoms in total. The van der Waals surface area contributed by atoms with E-state index in [1.165, 1.54) is 0 Å². The summed E-state index contributed by atoms with van der Waals surface area (Å²) in [4.78, 5) is 10.3. The zero-order valence-corrected chi connectivity index (χ0v) is 7.81. The number of hydrogen-bond donors (Lipinski definition) is 4. The van der Waals surface area contributed by atoms with Gasteiger partial charge in [0.1, 0.15) is 31.0 Å². The maximum Gasteiger partial charge on any atom is 0.329 e. The van der Waals surface area contributed by atoms with Crippen LogP contribution < -0.4 is 0 Å². The smallest absolute Gasteiger partial charge is 0.329 e. The molecule has 4 N–H and O–H groups in total. The summed E-state index contributed by atoms with van der Waals surface area (Å²) in [5.74, 6) is -1.45. The molecule has 88 valence electrons. The Hall–Kier alpha value is -0.730. The quantitative estimate of drug-likeness (QED) is 0.418. The van der Waals surface area contributed by atoms with Gasteiger partial charge in [-0.1, -0.05) is 0 Å². The Kier molecular flexibility index (Phi) is 3.87. The number of carbonyl (C=O) groups is 1. The lowest BCUT2D eigenvalue weighted by atomic mass is 10.0. The van der Waals surface area contributed by atoms with Gasteiger partial charge in [-0.15, -0.1) is 0 Å². The molecule has 0 aliphatic carbocycles. The van der Waals surface area contributed by atoms with Crippen LogP contribution in [0.3, 0.4) is 0 Å². The molecule has 0 bridgehead atoms. The van der Waals surface area contributed by atoms with Crippen molar-refractivity contribution in [2.75, 3.05) is 19.8 Å². The van der Waals surface area contributed by atoms with Crippen molar-refractivity contribution in [3.05, 3.63) is 0 Å². The molecule has 0 saturated carbocycles. The Bertz CT molecular complexity index is 249. The van der Waals surface area contributed by atoms with E-state index in [1.807, 2.05) is 0 Å². The monoisotopic (exact) mass is 223 g/mol. The molecule has 0 spiro atoms. The highest BCUT2D eigenvalue weighted by Crippen LogP contribution is 2.15. The van der Waals surface area contributed by atoms with Gasteiger partial charge in [0.25, 0.3) is 0 Å². The van der Waals surface area contributed by atoms with E-state index < -0.39 is 37.0 Å². The number of aliphatic carboxylic acids is 1. The van der Waals surface area contributed by atoms with Gasteiger partial charge in [-0.3, -0.25) is 0 Å². The van der Waals surface area contributed by atoms with E-state index in [2.05, 4.69) is 4.74 Å². The second-order valence-electron chi connectivity index (χ2n) is 3.21. The van der Waals surface area contributed by atoms with Crippen LogP contribution >= 0.6 is 0 Å². The average molecular weight is 223 g/mol. The molecule has 1 aliphatic rings. The minimum atomic E-state index is -1.76. The van der Waals surface area contributed by atoms with Gasteiger partial charge in [0.2, 0.25) is 0 Å². The second-order valence-corrected chi connectivity index (χ2v) is 3.21. The summed E-state index contributed by atoms with van der Waals surface area (Å²) in [6.07, 6.45) is -4.87. The zero-order valence-electron chi connectivity index (χ0n) is 8.81. The molecule has 15 heavy (non-hydrogen) atoms. The first-order valence-electron chi connectivity index (χ1n) is 4.93. The van der Waals surface area contributed by atoms with E-state index in [9.17, 15) is 15.0 Å². The molecule has 1 unspecified atom stereocenters. The van der Waals surface area contributed by atoms with E-state index >= 15 is 0 Å². The summed E-state index contributed by atoms with van der Waals surface area (Å²) < 4.78 is 16.5. The second kappa shape index (κ2) is 5.38. The van der Waals surface area contributed by atoms with E-state index in [1.54, 1.807) is 0 Å². The lowest BCUT2D eigenvalue weighted by Gasteiger charge is -2.34. The van der Waals surface area contributed by atoms with Crippen LogP contribution in [0.15, 0.2) is 0 Å². The highest BCUT2D eigenvalue weighted by atomic mass is 16.6. The van der Waals surface area contributed by atoms with Crippen LogP contribution in [0.5, 0.6) is 0 Å². The van der Waals surface area contributed by atoms with E-state index in [0.29, 0.717) is 0 Å². The summed E-state index contributed by atoms with van der Waals surface area (Å²) in [7, 11) is 0. The molecule has 0 aromatic rings. The molecule has 1 fully saturated rings. The van der Waals surface area contributed by atoms with Gasteiger partial charge in [-0.25, -0.2) is 4.79 Å². The third-order valence-corrected chi connectivity index (χ3v) is 2.05. The Morgan fingerprint density at radius 3 is 2.73 bits per heavy atom. The van der Waals surface area contributed by atoms with Crippen LogP contribution in [0.2, 0.25) is 0 Å². The average Bonchev–Trinajstić information content (AvgIpc) is 2.24. The maximum absolute atomic E-state index is 10.3. The van der Waals surface area contributed by atoms with Crippen LogP contribution in [-0.4, -0.2) is 70.6 Å². The fourth-order valence-corrected chi connectivity index (χ4v) is 1.23. The van der Waals surface area contributed by atoms with Crippen LogP contribution in [-0.2, 0) is 14.3 Å². The van der Waals surface area contributed by atoms with Gasteiger partial charge in [-0.05, 0) is 0 Å². The van der Waals surface area contributed by atoms with Gasteiger partial charge in [0, 0.05) is 0 Å². The summed E-state index contributed by atoms with van der Waals surface area (Å²) in [5.41, 5.74) is 0. The van der Waals surface area contributed by atoms with Crippen LogP contribution in [0.25, 0.3) is 0 Å². The Labute approximate surface area is 87.3 Å². The molecule has 5 atom stereocenters. The molecule has 7 heteroatoms. The molecule has 0 aromatic heterocycles. The molecule has 0 amide bonds. The number of carboxylic acids is 1. The third kappa shape index (κ3) is 3.40. The van der Waals surface area contributed by atoms with Crippen LogP contribution in [0.4, 0.5) is 0 Å². The third-order valence-electron chi connectivity index (χ3n) is 2.05. The molecule has 1 heterocycles. The van der Waals surface area contributed by atoms with Crippen molar-refractivity contribution in [2.45, 2.75) is 24.4 Å². The first-order chi connectivity index (χ1) is 7.43. The zero-order chi connectivity index (χ0) is 12.3. The summed E-state index contributed by atoms with van der Waals surface area (Å²) in [6, 6.07) is 0. The molecule has 1 aliphatic heterocycles. The predicted octanol–water partition coefficient (Wildman–Crippen LogP) is -2.43. The van der Waals surface area contributed by atoms with E-state index in [4.69, 9.17) is 16.3 Å². The topological polar surface area (TPSA) is 116 Å². The largest absolute Gasteiger partial charge is 0.480 e. The predicted molar refractivity (Wildman–Crippen MR) is 46.2 cm³/mol. The first kappa shape index (κ1) is 10.8. The first-order valence-corrected chi connectivity index (χ1v) is 4.36. The summed E-state index contributed by atoms with van der Waals surface area (Å²) in [5, 5.41) is 36.2. The SMILES string of the molecule is [2H]C(OC[C@H]1OC[C@H](O)[C@@H](O)[C@@H]1O)C(=O)O. The van der Waals surface area contributed by atoms with Crippen molar-refractivity contribution in [2.24, 2.45) is 0 Å². The van der Waals surface area contributed by atoms with Gasteiger partial charge >= 0.3 is 5.97 Å². The summed E-state index contributed by atoms with van der Waals surface area (Å²) >= 11 is 0. The number of hydrogen-bond acceptors (Lipinski definition) is 6. The number of carboxylic acid groups (broad SMARTS) is 1. The molecule has 0 radical (unpaired) electrons. The van der Waals surface area contributed by atoms with E-state index in [0.717, 1.165) is 0 Å². The Balaban J connectivity index is 2.40. The molecule has 0 aromatic carbocycles. The lowest BCUT2D eigenvalue weighted by molar-refractivity contribution is -0.200. The van der Waals surface area contributed by atoms with Crippen molar-refractivity contribution in [1.29, 1.82) is 0 Å². The molecule has 1 saturated heterocycles. The number of rotatable bonds is 4. The highest BCUT2D eigenvalue weighted by molar-refractivity contribution is 5.67. The Morgan fingerprint density at radius 2 is 2.13 bits per heavy atom. The van der Waals surface area contributed by atoms with Crippen molar-refractivity contribution in [3.8, 4) is 0 Å². The van der Waals surface area contributed by atoms with Crippen molar-refractivity contribution in [3.63, 3.8) is 0 Å². The maximum atomic E-state index is 10.3. The Morgan fingerprint density at radius 1 is 1.47 bits per heavy atom. The van der Waals surface area contributed by atoms with Crippen molar-refractivity contribution < 1.29 is 36.1 Å². The lowest BCUT2D eigenvalue weighted by Crippen LogP contribution is -2.54. The number of ether oxygens (including phenoxy) is 2. The molecular formula is C8H14O7. The van der Waals surface area contributed by atoms with Gasteiger partial charge < -0.3 is 29.9 Å². The van der Waals surface area contributed by atoms with Gasteiger partial charge in [0.05, 0.1) is 14.6 Å². The van der Waals surface area contributed by atoms with Crippen molar-refractivity contribution >= 4 is 5.97 Å². The van der Waals surface area contributed by atoms with Gasteiger partial charge in [-0.2, -0.15) is 0 Å². The fraction of sp³-hybridized carbons (Fsp3) is 0.875. The minimum absolute atomic E-state index is 0.179. The van der Waals surface area contributed by atoms with Gasteiger partial charge in [0.15, 0.2) is 0 Å². The van der Waals surface area contributed by atoms with Crippen molar-refractivity contribution in [1.82, 2.24) is 0 Å². The number of aliphatic hydroxyl groups is 3. The van der Waals surface area contributed by atoms with E-state index in [-0.39, 0.29) is 13.2 Å². The number of aliphatic hydroxyl groups excluding tert-OH is 3. The van der Waals surface area contributed by atoms with Crippen LogP contribution in [0.1, 0.15) is 1.37 Å². The molecule has 1 rings (SSSR count). The highest BCUT2D eigenvalue weighted by Gasteiger charge is 2.37.